The van der Waals surface area contributed by atoms with Crippen molar-refractivity contribution >= 4 is 40.2 Å². The third-order valence-corrected chi connectivity index (χ3v) is 4.63. The van der Waals surface area contributed by atoms with E-state index < -0.39 is 6.03 Å². The summed E-state index contributed by atoms with van der Waals surface area (Å²) in [5.41, 5.74) is 5.94. The summed E-state index contributed by atoms with van der Waals surface area (Å²) in [6.45, 7) is 3.45. The number of amides is 3. The Hall–Kier alpha value is -1.35. The Labute approximate surface area is 143 Å². The fourth-order valence-corrected chi connectivity index (χ4v) is 2.94. The minimum atomic E-state index is -0.483. The predicted molar refractivity (Wildman–Crippen MR) is 94.6 cm³/mol. The molecule has 0 spiro atoms. The van der Waals surface area contributed by atoms with Crippen LogP contribution in [-0.4, -0.2) is 42.0 Å². The molecule has 6 nitrogen and oxygen atoms in total. The Kier molecular flexibility index (Phi) is 6.01. The van der Waals surface area contributed by atoms with Gasteiger partial charge in [-0.05, 0) is 66.6 Å². The first-order valence-corrected chi connectivity index (χ1v) is 8.40. The fourth-order valence-electron chi connectivity index (χ4n) is 2.58. The molecule has 3 amide bonds. The van der Waals surface area contributed by atoms with Crippen molar-refractivity contribution in [2.75, 3.05) is 18.4 Å². The van der Waals surface area contributed by atoms with E-state index in [1.165, 1.54) is 0 Å². The predicted octanol–water partition coefficient (Wildman–Crippen LogP) is 1.75. The summed E-state index contributed by atoms with van der Waals surface area (Å²) in [6.07, 6.45) is 1.62. The van der Waals surface area contributed by atoms with Gasteiger partial charge in [0.2, 0.25) is 5.91 Å². The minimum Gasteiger partial charge on any atom is -0.352 e. The van der Waals surface area contributed by atoms with Gasteiger partial charge in [0.25, 0.3) is 0 Å². The van der Waals surface area contributed by atoms with Gasteiger partial charge in [0.05, 0.1) is 6.04 Å². The Morgan fingerprint density at radius 1 is 1.27 bits per heavy atom. The van der Waals surface area contributed by atoms with Crippen LogP contribution in [0.1, 0.15) is 19.8 Å². The van der Waals surface area contributed by atoms with E-state index in [-0.39, 0.29) is 18.0 Å². The van der Waals surface area contributed by atoms with Crippen molar-refractivity contribution in [3.8, 4) is 0 Å². The summed E-state index contributed by atoms with van der Waals surface area (Å²) in [4.78, 5) is 25.3. The highest BCUT2D eigenvalue weighted by Gasteiger charge is 2.26. The van der Waals surface area contributed by atoms with E-state index in [4.69, 9.17) is 5.73 Å². The molecule has 0 bridgehead atoms. The number of anilines is 1. The molecule has 4 N–H and O–H groups in total. The van der Waals surface area contributed by atoms with Crippen LogP contribution in [0.25, 0.3) is 0 Å². The third kappa shape index (κ3) is 4.84. The average Bonchev–Trinajstić information content (AvgIpc) is 2.49. The zero-order chi connectivity index (χ0) is 16.1. The first-order chi connectivity index (χ1) is 10.5. The highest BCUT2D eigenvalue weighted by Crippen LogP contribution is 2.16. The molecule has 1 fully saturated rings. The number of carbonyl (C=O) groups is 2. The number of carbonyl (C=O) groups excluding carboxylic acids is 2. The number of rotatable bonds is 4. The molecule has 120 valence electrons. The molecule has 0 unspecified atom stereocenters. The normalized spacial score (nSPS) is 17.7. The molecular weight excluding hydrogens is 395 g/mol. The van der Waals surface area contributed by atoms with Crippen LogP contribution in [0.2, 0.25) is 0 Å². The number of nitrogens with zero attached hydrogens (tertiary/aromatic N) is 1. The lowest BCUT2D eigenvalue weighted by atomic mass is 10.0. The van der Waals surface area contributed by atoms with E-state index in [9.17, 15) is 9.59 Å². The third-order valence-electron chi connectivity index (χ3n) is 3.91. The fraction of sp³-hybridized carbons (Fsp3) is 0.467. The van der Waals surface area contributed by atoms with Crippen LogP contribution >= 0.6 is 22.6 Å². The van der Waals surface area contributed by atoms with Crippen LogP contribution in [0.3, 0.4) is 0 Å². The summed E-state index contributed by atoms with van der Waals surface area (Å²) in [7, 11) is 0. The summed E-state index contributed by atoms with van der Waals surface area (Å²) < 4.78 is 1.13. The second-order valence-electron chi connectivity index (χ2n) is 5.49. The topological polar surface area (TPSA) is 87.5 Å². The molecule has 0 radical (unpaired) electrons. The van der Waals surface area contributed by atoms with Gasteiger partial charge in [-0.25, -0.2) is 4.79 Å². The van der Waals surface area contributed by atoms with Crippen molar-refractivity contribution in [2.45, 2.75) is 31.8 Å². The standard InChI is InChI=1S/C15H21IN4O2/c1-10(14(21)18-12-4-2-11(16)3-5-12)20-8-6-13(7-9-20)19-15(17)22/h2-5,10,13H,6-9H2,1H3,(H,18,21)(H3,17,19,22)/t10-/m1/s1. The molecule has 1 atom stereocenters. The van der Waals surface area contributed by atoms with Crippen LogP contribution in [0.5, 0.6) is 0 Å². The van der Waals surface area contributed by atoms with Crippen molar-refractivity contribution in [1.82, 2.24) is 10.2 Å². The smallest absolute Gasteiger partial charge is 0.312 e. The van der Waals surface area contributed by atoms with Crippen LogP contribution in [0.15, 0.2) is 24.3 Å². The first kappa shape index (κ1) is 17.0. The molecule has 2 rings (SSSR count). The average molecular weight is 416 g/mol. The number of primary amides is 1. The summed E-state index contributed by atoms with van der Waals surface area (Å²) >= 11 is 2.23. The molecule has 1 heterocycles. The lowest BCUT2D eigenvalue weighted by molar-refractivity contribution is -0.121. The largest absolute Gasteiger partial charge is 0.352 e. The number of halogens is 1. The first-order valence-electron chi connectivity index (χ1n) is 7.32. The van der Waals surface area contributed by atoms with Gasteiger partial charge in [0.15, 0.2) is 0 Å². The van der Waals surface area contributed by atoms with E-state index in [2.05, 4.69) is 38.1 Å². The van der Waals surface area contributed by atoms with Gasteiger partial charge in [0.1, 0.15) is 0 Å². The monoisotopic (exact) mass is 416 g/mol. The molecule has 0 saturated carbocycles. The van der Waals surface area contributed by atoms with Crippen LogP contribution in [0, 0.1) is 3.57 Å². The van der Waals surface area contributed by atoms with Crippen molar-refractivity contribution in [3.63, 3.8) is 0 Å². The van der Waals surface area contributed by atoms with Crippen LogP contribution in [0.4, 0.5) is 10.5 Å². The molecule has 22 heavy (non-hydrogen) atoms. The maximum Gasteiger partial charge on any atom is 0.312 e. The second-order valence-corrected chi connectivity index (χ2v) is 6.74. The highest BCUT2D eigenvalue weighted by atomic mass is 127. The SMILES string of the molecule is C[C@H](C(=O)Nc1ccc(I)cc1)N1CCC(NC(N)=O)CC1. The number of nitrogens with one attached hydrogen (secondary N) is 2. The van der Waals surface area contributed by atoms with Gasteiger partial charge in [0, 0.05) is 28.4 Å². The van der Waals surface area contributed by atoms with Crippen molar-refractivity contribution < 1.29 is 9.59 Å². The van der Waals surface area contributed by atoms with Gasteiger partial charge in [-0.15, -0.1) is 0 Å². The van der Waals surface area contributed by atoms with Crippen molar-refractivity contribution in [1.29, 1.82) is 0 Å². The maximum atomic E-state index is 12.3. The maximum absolute atomic E-state index is 12.3. The molecule has 7 heteroatoms. The molecule has 0 aliphatic carbocycles. The molecule has 1 aliphatic heterocycles. The van der Waals surface area contributed by atoms with Crippen LogP contribution in [-0.2, 0) is 4.79 Å². The Morgan fingerprint density at radius 3 is 2.41 bits per heavy atom. The van der Waals surface area contributed by atoms with E-state index in [1.807, 2.05) is 31.2 Å². The Morgan fingerprint density at radius 2 is 1.86 bits per heavy atom. The quantitative estimate of drug-likeness (QED) is 0.654. The number of hydrogen-bond donors (Lipinski definition) is 3. The molecule has 1 aromatic rings. The highest BCUT2D eigenvalue weighted by molar-refractivity contribution is 14.1. The Bertz CT molecular complexity index is 527. The van der Waals surface area contributed by atoms with E-state index in [0.29, 0.717) is 0 Å². The molecule has 1 aliphatic rings. The lowest BCUT2D eigenvalue weighted by Crippen LogP contribution is -2.51. The van der Waals surface area contributed by atoms with E-state index in [1.54, 1.807) is 0 Å². The van der Waals surface area contributed by atoms with Crippen LogP contribution < -0.4 is 16.4 Å². The summed E-state index contributed by atoms with van der Waals surface area (Å²) in [5.74, 6) is -0.0116. The van der Waals surface area contributed by atoms with Gasteiger partial charge in [-0.1, -0.05) is 0 Å². The molecule has 1 saturated heterocycles. The zero-order valence-electron chi connectivity index (χ0n) is 12.5. The van der Waals surface area contributed by atoms with Crippen molar-refractivity contribution in [2.24, 2.45) is 5.73 Å². The Balaban J connectivity index is 1.84. The van der Waals surface area contributed by atoms with E-state index in [0.717, 1.165) is 35.2 Å². The van der Waals surface area contributed by atoms with Gasteiger partial charge >= 0.3 is 6.03 Å². The number of likely N-dealkylation sites (tertiary alicyclic amines) is 1. The van der Waals surface area contributed by atoms with Gasteiger partial charge in [-0.2, -0.15) is 0 Å². The summed E-state index contributed by atoms with van der Waals surface area (Å²) in [6, 6.07) is 7.14. The lowest BCUT2D eigenvalue weighted by Gasteiger charge is -2.35. The van der Waals surface area contributed by atoms with Crippen molar-refractivity contribution in [3.05, 3.63) is 27.8 Å². The number of piperidine rings is 1. The molecule has 0 aromatic heterocycles. The zero-order valence-corrected chi connectivity index (χ0v) is 14.7. The van der Waals surface area contributed by atoms with Gasteiger partial charge < -0.3 is 16.4 Å². The molecular formula is C15H21IN4O2. The summed E-state index contributed by atoms with van der Waals surface area (Å²) in [5, 5.41) is 5.66. The van der Waals surface area contributed by atoms with Gasteiger partial charge in [-0.3, -0.25) is 9.69 Å². The molecule has 1 aromatic carbocycles. The number of urea groups is 1. The van der Waals surface area contributed by atoms with E-state index >= 15 is 0 Å². The second kappa shape index (κ2) is 7.77. The number of benzene rings is 1. The number of hydrogen-bond acceptors (Lipinski definition) is 3. The minimum absolute atomic E-state index is 0.0116. The number of nitrogens with two attached hydrogens (primary N) is 1.